The highest BCUT2D eigenvalue weighted by Crippen LogP contribution is 2.26. The Kier molecular flexibility index (Phi) is 4.50. The second-order valence-electron chi connectivity index (χ2n) is 4.39. The van der Waals surface area contributed by atoms with Crippen molar-refractivity contribution in [2.24, 2.45) is 0 Å². The van der Waals surface area contributed by atoms with E-state index in [-0.39, 0.29) is 10.9 Å². The molecule has 1 amide bonds. The van der Waals surface area contributed by atoms with Crippen LogP contribution in [0.2, 0.25) is 5.02 Å². The van der Waals surface area contributed by atoms with E-state index < -0.39 is 10.0 Å². The topological polar surface area (TPSA) is 75.3 Å². The van der Waals surface area contributed by atoms with Gasteiger partial charge in [-0.1, -0.05) is 29.8 Å². The predicted octanol–water partition coefficient (Wildman–Crippen LogP) is 2.96. The van der Waals surface area contributed by atoms with Crippen molar-refractivity contribution in [3.8, 4) is 0 Å². The minimum atomic E-state index is -3.37. The van der Waals surface area contributed by atoms with E-state index in [1.807, 2.05) is 6.07 Å². The van der Waals surface area contributed by atoms with Gasteiger partial charge in [-0.2, -0.15) is 0 Å². The van der Waals surface area contributed by atoms with E-state index in [1.54, 1.807) is 24.3 Å². The fraction of sp³-hybridized carbons (Fsp3) is 0.0714. The van der Waals surface area contributed by atoms with Crippen molar-refractivity contribution >= 4 is 38.9 Å². The van der Waals surface area contributed by atoms with Crippen molar-refractivity contribution in [1.82, 2.24) is 0 Å². The summed E-state index contributed by atoms with van der Waals surface area (Å²) < 4.78 is 24.6. The van der Waals surface area contributed by atoms with Crippen LogP contribution < -0.4 is 10.0 Å². The molecule has 0 fully saturated rings. The summed E-state index contributed by atoms with van der Waals surface area (Å²) >= 11 is 6.04. The van der Waals surface area contributed by atoms with Gasteiger partial charge in [-0.15, -0.1) is 0 Å². The molecule has 0 spiro atoms. The van der Waals surface area contributed by atoms with Gasteiger partial charge in [0.15, 0.2) is 0 Å². The lowest BCUT2D eigenvalue weighted by molar-refractivity contribution is 0.102. The summed E-state index contributed by atoms with van der Waals surface area (Å²) in [7, 11) is -3.37. The van der Waals surface area contributed by atoms with Crippen molar-refractivity contribution in [3.63, 3.8) is 0 Å². The molecular formula is C14H13ClN2O3S. The smallest absolute Gasteiger partial charge is 0.255 e. The lowest BCUT2D eigenvalue weighted by Gasteiger charge is -2.10. The molecule has 0 aliphatic rings. The standard InChI is InChI=1S/C14H13ClN2O3S/c1-21(19,20)17-11-7-8-13(12(15)9-11)16-14(18)10-5-3-2-4-6-10/h2-9,17H,1H3,(H,16,18). The first-order chi connectivity index (χ1) is 9.85. The third kappa shape index (κ3) is 4.47. The molecule has 0 aliphatic carbocycles. The molecule has 0 radical (unpaired) electrons. The van der Waals surface area contributed by atoms with Gasteiger partial charge in [0.1, 0.15) is 0 Å². The Morgan fingerprint density at radius 1 is 1.10 bits per heavy atom. The van der Waals surface area contributed by atoms with E-state index in [9.17, 15) is 13.2 Å². The maximum Gasteiger partial charge on any atom is 0.255 e. The molecule has 5 nitrogen and oxygen atoms in total. The Morgan fingerprint density at radius 3 is 2.33 bits per heavy atom. The number of hydrogen-bond acceptors (Lipinski definition) is 3. The van der Waals surface area contributed by atoms with Crippen LogP contribution in [-0.4, -0.2) is 20.6 Å². The molecular weight excluding hydrogens is 312 g/mol. The number of amides is 1. The van der Waals surface area contributed by atoms with Crippen molar-refractivity contribution in [1.29, 1.82) is 0 Å². The predicted molar refractivity (Wildman–Crippen MR) is 84.3 cm³/mol. The highest BCUT2D eigenvalue weighted by molar-refractivity contribution is 7.92. The van der Waals surface area contributed by atoms with Gasteiger partial charge in [0.25, 0.3) is 5.91 Å². The Morgan fingerprint density at radius 2 is 1.76 bits per heavy atom. The van der Waals surface area contributed by atoms with Crippen molar-refractivity contribution in [3.05, 3.63) is 59.1 Å². The largest absolute Gasteiger partial charge is 0.321 e. The molecule has 7 heteroatoms. The van der Waals surface area contributed by atoms with Gasteiger partial charge in [-0.05, 0) is 30.3 Å². The van der Waals surface area contributed by atoms with Crippen LogP contribution in [0.5, 0.6) is 0 Å². The third-order valence-corrected chi connectivity index (χ3v) is 3.48. The van der Waals surface area contributed by atoms with Crippen LogP contribution in [0.25, 0.3) is 0 Å². The van der Waals surface area contributed by atoms with Crippen LogP contribution in [0.4, 0.5) is 11.4 Å². The SMILES string of the molecule is CS(=O)(=O)Nc1ccc(NC(=O)c2ccccc2)c(Cl)c1. The van der Waals surface area contributed by atoms with Gasteiger partial charge in [-0.25, -0.2) is 8.42 Å². The first-order valence-electron chi connectivity index (χ1n) is 5.99. The second-order valence-corrected chi connectivity index (χ2v) is 6.54. The lowest BCUT2D eigenvalue weighted by Crippen LogP contribution is -2.13. The monoisotopic (exact) mass is 324 g/mol. The number of nitrogens with one attached hydrogen (secondary N) is 2. The van der Waals surface area contributed by atoms with Crippen molar-refractivity contribution in [2.45, 2.75) is 0 Å². The summed E-state index contributed by atoms with van der Waals surface area (Å²) in [5, 5.41) is 2.91. The molecule has 0 saturated heterocycles. The van der Waals surface area contributed by atoms with Gasteiger partial charge < -0.3 is 5.32 Å². The molecule has 0 aliphatic heterocycles. The average Bonchev–Trinajstić information content (AvgIpc) is 2.41. The van der Waals surface area contributed by atoms with Crippen LogP contribution in [0.3, 0.4) is 0 Å². The van der Waals surface area contributed by atoms with E-state index in [2.05, 4.69) is 10.0 Å². The zero-order valence-electron chi connectivity index (χ0n) is 11.1. The molecule has 110 valence electrons. The van der Waals surface area contributed by atoms with E-state index >= 15 is 0 Å². The minimum Gasteiger partial charge on any atom is -0.321 e. The maximum absolute atomic E-state index is 12.0. The average molecular weight is 325 g/mol. The highest BCUT2D eigenvalue weighted by atomic mass is 35.5. The van der Waals surface area contributed by atoms with Gasteiger partial charge >= 0.3 is 0 Å². The summed E-state index contributed by atoms with van der Waals surface area (Å²) in [6.07, 6.45) is 1.05. The van der Waals surface area contributed by atoms with E-state index in [4.69, 9.17) is 11.6 Å². The normalized spacial score (nSPS) is 11.0. The van der Waals surface area contributed by atoms with Crippen LogP contribution in [0.15, 0.2) is 48.5 Å². The Bertz CT molecular complexity index is 761. The molecule has 2 rings (SSSR count). The maximum atomic E-state index is 12.0. The lowest BCUT2D eigenvalue weighted by atomic mass is 10.2. The first kappa shape index (κ1) is 15.3. The highest BCUT2D eigenvalue weighted by Gasteiger charge is 2.09. The van der Waals surface area contributed by atoms with Crippen LogP contribution in [0, 0.1) is 0 Å². The minimum absolute atomic E-state index is 0.243. The third-order valence-electron chi connectivity index (χ3n) is 2.56. The van der Waals surface area contributed by atoms with Crippen molar-refractivity contribution < 1.29 is 13.2 Å². The Balaban J connectivity index is 2.17. The fourth-order valence-corrected chi connectivity index (χ4v) is 2.46. The quantitative estimate of drug-likeness (QED) is 0.908. The summed E-state index contributed by atoms with van der Waals surface area (Å²) in [5.74, 6) is -0.290. The van der Waals surface area contributed by atoms with Gasteiger partial charge in [0.05, 0.1) is 22.7 Å². The number of hydrogen-bond donors (Lipinski definition) is 2. The van der Waals surface area contributed by atoms with Crippen LogP contribution in [0.1, 0.15) is 10.4 Å². The van der Waals surface area contributed by atoms with Gasteiger partial charge in [0, 0.05) is 5.56 Å². The Labute approximate surface area is 128 Å². The number of benzene rings is 2. The number of halogens is 1. The molecule has 0 atom stereocenters. The number of carbonyl (C=O) groups excluding carboxylic acids is 1. The summed E-state index contributed by atoms with van der Waals surface area (Å²) in [5.41, 5.74) is 1.25. The molecule has 2 N–H and O–H groups in total. The number of rotatable bonds is 4. The van der Waals surface area contributed by atoms with E-state index in [0.717, 1.165) is 6.26 Å². The van der Waals surface area contributed by atoms with Gasteiger partial charge in [0.2, 0.25) is 10.0 Å². The molecule has 21 heavy (non-hydrogen) atoms. The summed E-state index contributed by atoms with van der Waals surface area (Å²) in [4.78, 5) is 12.0. The number of anilines is 2. The van der Waals surface area contributed by atoms with Gasteiger partial charge in [-0.3, -0.25) is 9.52 Å². The van der Waals surface area contributed by atoms with Crippen LogP contribution >= 0.6 is 11.6 Å². The zero-order valence-corrected chi connectivity index (χ0v) is 12.7. The zero-order chi connectivity index (χ0) is 15.5. The van der Waals surface area contributed by atoms with Crippen molar-refractivity contribution in [2.75, 3.05) is 16.3 Å². The van der Waals surface area contributed by atoms with Crippen LogP contribution in [-0.2, 0) is 10.0 Å². The summed E-state index contributed by atoms with van der Waals surface area (Å²) in [6.45, 7) is 0. The van der Waals surface area contributed by atoms with E-state index in [1.165, 1.54) is 18.2 Å². The molecule has 0 aromatic heterocycles. The molecule has 0 bridgehead atoms. The fourth-order valence-electron chi connectivity index (χ4n) is 1.68. The summed E-state index contributed by atoms with van der Waals surface area (Å²) in [6, 6.07) is 13.2. The second kappa shape index (κ2) is 6.15. The molecule has 0 unspecified atom stereocenters. The molecule has 0 heterocycles. The molecule has 2 aromatic rings. The first-order valence-corrected chi connectivity index (χ1v) is 8.26. The molecule has 0 saturated carbocycles. The van der Waals surface area contributed by atoms with E-state index in [0.29, 0.717) is 16.9 Å². The Hall–Kier alpha value is -2.05. The number of sulfonamides is 1. The molecule has 2 aromatic carbocycles. The number of carbonyl (C=O) groups is 1.